The Hall–Kier alpha value is -3.61. The molecule has 0 aliphatic carbocycles. The number of rotatable bonds is 2. The number of carbonyl (C=O) groups is 1. The van der Waals surface area contributed by atoms with E-state index in [0.29, 0.717) is 17.4 Å². The van der Waals surface area contributed by atoms with Crippen molar-refractivity contribution < 1.29 is 23.1 Å². The monoisotopic (exact) mass is 347 g/mol. The molecule has 1 aliphatic heterocycles. The zero-order valence-electron chi connectivity index (χ0n) is 12.2. The Morgan fingerprint density at radius 2 is 1.92 bits per heavy atom. The van der Waals surface area contributed by atoms with E-state index < -0.39 is 23.7 Å². The highest BCUT2D eigenvalue weighted by Gasteiger charge is 2.33. The van der Waals surface area contributed by atoms with E-state index in [1.54, 1.807) is 6.07 Å². The zero-order valence-corrected chi connectivity index (χ0v) is 12.2. The minimum absolute atomic E-state index is 0.0168. The summed E-state index contributed by atoms with van der Waals surface area (Å²) in [6.45, 7) is 0. The van der Waals surface area contributed by atoms with Gasteiger partial charge in [-0.1, -0.05) is 0 Å². The van der Waals surface area contributed by atoms with E-state index >= 15 is 0 Å². The highest BCUT2D eigenvalue weighted by atomic mass is 19.4. The number of nitrogens with one attached hydrogen (secondary N) is 2. The molecule has 0 bridgehead atoms. The minimum atomic E-state index is -4.67. The fraction of sp³-hybridized carbons (Fsp3) is 0.0667. The predicted octanol–water partition coefficient (Wildman–Crippen LogP) is 2.92. The number of carboxylic acids is 1. The number of allylic oxidation sites excluding steroid dienone is 1. The summed E-state index contributed by atoms with van der Waals surface area (Å²) in [5, 5.41) is 23.9. The molecule has 0 unspecified atom stereocenters. The van der Waals surface area contributed by atoms with Crippen LogP contribution < -0.4 is 10.6 Å². The van der Waals surface area contributed by atoms with Gasteiger partial charge in [-0.3, -0.25) is 0 Å². The van der Waals surface area contributed by atoms with Crippen LogP contribution in [-0.4, -0.2) is 21.0 Å². The van der Waals surface area contributed by atoms with E-state index in [1.165, 1.54) is 18.2 Å². The molecule has 126 valence electrons. The second-order valence-corrected chi connectivity index (χ2v) is 4.94. The molecule has 3 N–H and O–H groups in total. The quantitative estimate of drug-likeness (QED) is 0.716. The summed E-state index contributed by atoms with van der Waals surface area (Å²) in [6.07, 6.45) is -3.76. The molecule has 0 saturated heterocycles. The standard InChI is InChI=1S/C15H8F3N5O2/c16-15(17,18)11-3-4-20-12(23-11)8(6-19)13-21-9-2-1-7(14(24)25)5-10(9)22-13/h1-5,21-22H,(H,24,25). The molecular weight excluding hydrogens is 339 g/mol. The largest absolute Gasteiger partial charge is 0.478 e. The van der Waals surface area contributed by atoms with Crippen LogP contribution in [0.25, 0.3) is 5.57 Å². The third-order valence-electron chi connectivity index (χ3n) is 3.32. The molecule has 0 radical (unpaired) electrons. The van der Waals surface area contributed by atoms with Gasteiger partial charge in [0.25, 0.3) is 0 Å². The van der Waals surface area contributed by atoms with Crippen LogP contribution in [-0.2, 0) is 6.18 Å². The molecule has 3 rings (SSSR count). The number of benzene rings is 1. The van der Waals surface area contributed by atoms with Crippen molar-refractivity contribution in [3.63, 3.8) is 0 Å². The summed E-state index contributed by atoms with van der Waals surface area (Å²) in [4.78, 5) is 18.1. The van der Waals surface area contributed by atoms with Crippen LogP contribution >= 0.6 is 0 Å². The Morgan fingerprint density at radius 1 is 1.20 bits per heavy atom. The van der Waals surface area contributed by atoms with Crippen molar-refractivity contribution in [2.75, 3.05) is 10.6 Å². The number of nitriles is 1. The number of hydrogen-bond donors (Lipinski definition) is 3. The molecule has 1 aromatic carbocycles. The summed E-state index contributed by atoms with van der Waals surface area (Å²) in [5.74, 6) is -1.47. The average molecular weight is 347 g/mol. The van der Waals surface area contributed by atoms with E-state index in [2.05, 4.69) is 20.6 Å². The SMILES string of the molecule is N#CC(=C1Nc2ccc(C(=O)O)cc2N1)c1nccc(C(F)(F)F)n1. The van der Waals surface area contributed by atoms with Gasteiger partial charge in [-0.2, -0.15) is 18.4 Å². The molecule has 1 aliphatic rings. The van der Waals surface area contributed by atoms with E-state index in [9.17, 15) is 23.2 Å². The minimum Gasteiger partial charge on any atom is -0.478 e. The number of nitrogens with zero attached hydrogens (tertiary/aromatic N) is 3. The van der Waals surface area contributed by atoms with Crippen molar-refractivity contribution in [2.45, 2.75) is 6.18 Å². The number of hydrogen-bond acceptors (Lipinski definition) is 6. The lowest BCUT2D eigenvalue weighted by atomic mass is 10.2. The summed E-state index contributed by atoms with van der Waals surface area (Å²) in [7, 11) is 0. The topological polar surface area (TPSA) is 111 Å². The first-order valence-electron chi connectivity index (χ1n) is 6.76. The highest BCUT2D eigenvalue weighted by molar-refractivity contribution is 5.94. The predicted molar refractivity (Wildman–Crippen MR) is 80.2 cm³/mol. The first-order valence-corrected chi connectivity index (χ1v) is 6.76. The van der Waals surface area contributed by atoms with E-state index in [4.69, 9.17) is 5.11 Å². The molecule has 0 spiro atoms. The smallest absolute Gasteiger partial charge is 0.433 e. The maximum absolute atomic E-state index is 12.8. The number of aromatic nitrogens is 2. The van der Waals surface area contributed by atoms with Crippen LogP contribution in [0, 0.1) is 11.3 Å². The Kier molecular flexibility index (Phi) is 3.76. The van der Waals surface area contributed by atoms with Gasteiger partial charge in [-0.05, 0) is 24.3 Å². The van der Waals surface area contributed by atoms with Crippen molar-refractivity contribution in [3.05, 3.63) is 53.4 Å². The van der Waals surface area contributed by atoms with Gasteiger partial charge in [0.1, 0.15) is 23.2 Å². The summed E-state index contributed by atoms with van der Waals surface area (Å²) < 4.78 is 38.3. The van der Waals surface area contributed by atoms with Crippen LogP contribution in [0.5, 0.6) is 0 Å². The summed E-state index contributed by atoms with van der Waals surface area (Å²) in [5.41, 5.74) is -0.550. The van der Waals surface area contributed by atoms with Crippen molar-refractivity contribution in [3.8, 4) is 6.07 Å². The molecule has 10 heteroatoms. The van der Waals surface area contributed by atoms with Gasteiger partial charge >= 0.3 is 12.1 Å². The Balaban J connectivity index is 2.02. The maximum atomic E-state index is 12.8. The first-order chi connectivity index (χ1) is 11.8. The van der Waals surface area contributed by atoms with Gasteiger partial charge in [-0.15, -0.1) is 0 Å². The van der Waals surface area contributed by atoms with Crippen LogP contribution in [0.1, 0.15) is 21.9 Å². The Morgan fingerprint density at radius 3 is 2.56 bits per heavy atom. The lowest BCUT2D eigenvalue weighted by Gasteiger charge is -2.08. The second-order valence-electron chi connectivity index (χ2n) is 4.94. The second kappa shape index (κ2) is 5.79. The van der Waals surface area contributed by atoms with Crippen molar-refractivity contribution in [2.24, 2.45) is 0 Å². The molecule has 0 atom stereocenters. The van der Waals surface area contributed by atoms with Gasteiger partial charge in [-0.25, -0.2) is 14.8 Å². The van der Waals surface area contributed by atoms with E-state index in [-0.39, 0.29) is 17.0 Å². The van der Waals surface area contributed by atoms with Gasteiger partial charge in [0.2, 0.25) is 0 Å². The van der Waals surface area contributed by atoms with Gasteiger partial charge in [0, 0.05) is 6.20 Å². The van der Waals surface area contributed by atoms with Gasteiger partial charge < -0.3 is 15.7 Å². The third-order valence-corrected chi connectivity index (χ3v) is 3.32. The molecule has 2 aromatic rings. The van der Waals surface area contributed by atoms with Crippen LogP contribution in [0.2, 0.25) is 0 Å². The van der Waals surface area contributed by atoms with E-state index in [1.807, 2.05) is 0 Å². The molecular formula is C15H8F3N5O2. The molecule has 1 aromatic heterocycles. The zero-order chi connectivity index (χ0) is 18.2. The molecule has 0 fully saturated rings. The Bertz CT molecular complexity index is 947. The summed E-state index contributed by atoms with van der Waals surface area (Å²) in [6, 6.07) is 6.62. The lowest BCUT2D eigenvalue weighted by Crippen LogP contribution is -2.12. The fourth-order valence-electron chi connectivity index (χ4n) is 2.17. The third kappa shape index (κ3) is 3.07. The normalized spacial score (nSPS) is 14.8. The number of anilines is 2. The van der Waals surface area contributed by atoms with Crippen LogP contribution in [0.3, 0.4) is 0 Å². The molecule has 0 saturated carbocycles. The molecule has 7 nitrogen and oxygen atoms in total. The molecule has 25 heavy (non-hydrogen) atoms. The maximum Gasteiger partial charge on any atom is 0.433 e. The van der Waals surface area contributed by atoms with Crippen LogP contribution in [0.4, 0.5) is 24.5 Å². The fourth-order valence-corrected chi connectivity index (χ4v) is 2.17. The van der Waals surface area contributed by atoms with Crippen molar-refractivity contribution >= 4 is 22.9 Å². The average Bonchev–Trinajstić information content (AvgIpc) is 2.97. The molecule has 0 amide bonds. The summed E-state index contributed by atoms with van der Waals surface area (Å²) >= 11 is 0. The number of alkyl halides is 3. The van der Waals surface area contributed by atoms with Crippen molar-refractivity contribution in [1.82, 2.24) is 9.97 Å². The lowest BCUT2D eigenvalue weighted by molar-refractivity contribution is -0.141. The first kappa shape index (κ1) is 16.3. The van der Waals surface area contributed by atoms with Gasteiger partial charge in [0.05, 0.1) is 16.9 Å². The Labute approximate surface area is 138 Å². The number of carboxylic acid groups (broad SMARTS) is 1. The number of fused-ring (bicyclic) bond motifs is 1. The number of halogens is 3. The molecule has 2 heterocycles. The van der Waals surface area contributed by atoms with Crippen molar-refractivity contribution in [1.29, 1.82) is 5.26 Å². The van der Waals surface area contributed by atoms with E-state index in [0.717, 1.165) is 6.20 Å². The number of aromatic carboxylic acids is 1. The van der Waals surface area contributed by atoms with Gasteiger partial charge in [0.15, 0.2) is 5.82 Å². The van der Waals surface area contributed by atoms with Crippen LogP contribution in [0.15, 0.2) is 36.3 Å². The highest BCUT2D eigenvalue weighted by Crippen LogP contribution is 2.34.